The number of aliphatic hydroxyl groups excluding tert-OH is 1. The molecule has 0 saturated heterocycles. The number of hydrogen-bond acceptors (Lipinski definition) is 4. The maximum absolute atomic E-state index is 12.2. The van der Waals surface area contributed by atoms with E-state index in [9.17, 15) is 9.90 Å². The Kier molecular flexibility index (Phi) is 3.60. The van der Waals surface area contributed by atoms with Gasteiger partial charge in [0.25, 0.3) is 5.91 Å². The third kappa shape index (κ3) is 2.63. The molecule has 1 heterocycles. The topological polar surface area (TPSA) is 75.1 Å². The molecule has 3 rings (SSSR count). The van der Waals surface area contributed by atoms with Crippen molar-refractivity contribution in [1.29, 1.82) is 0 Å². The molecule has 2 aromatic rings. The van der Waals surface area contributed by atoms with E-state index in [0.29, 0.717) is 11.2 Å². The van der Waals surface area contributed by atoms with Crippen molar-refractivity contribution >= 4 is 16.9 Å². The number of nitrogens with one attached hydrogen (secondary N) is 1. The summed E-state index contributed by atoms with van der Waals surface area (Å²) in [5.74, 6) is -0.269. The van der Waals surface area contributed by atoms with Crippen LogP contribution < -0.4 is 5.32 Å². The first-order chi connectivity index (χ1) is 9.74. The van der Waals surface area contributed by atoms with Crippen molar-refractivity contribution < 1.29 is 9.90 Å². The molecule has 1 aromatic heterocycles. The zero-order valence-electron chi connectivity index (χ0n) is 11.1. The molecule has 20 heavy (non-hydrogen) atoms. The summed E-state index contributed by atoms with van der Waals surface area (Å²) in [6, 6.07) is 7.26. The molecule has 0 bridgehead atoms. The minimum atomic E-state index is -0.457. The number of carbonyl (C=O) groups excluding carboxylic acids is 1. The molecule has 1 saturated carbocycles. The first-order valence-electron chi connectivity index (χ1n) is 6.95. The average molecular weight is 271 g/mol. The fraction of sp³-hybridized carbons (Fsp3) is 0.400. The molecular weight excluding hydrogens is 254 g/mol. The molecule has 1 aromatic carbocycles. The van der Waals surface area contributed by atoms with E-state index in [-0.39, 0.29) is 11.9 Å². The van der Waals surface area contributed by atoms with Gasteiger partial charge >= 0.3 is 0 Å². The second kappa shape index (κ2) is 5.54. The van der Waals surface area contributed by atoms with Crippen molar-refractivity contribution in [1.82, 2.24) is 15.3 Å². The molecule has 1 fully saturated rings. The molecule has 1 aliphatic carbocycles. The molecule has 0 aliphatic heterocycles. The smallest absolute Gasteiger partial charge is 0.271 e. The van der Waals surface area contributed by atoms with Crippen molar-refractivity contribution in [3.63, 3.8) is 0 Å². The maximum atomic E-state index is 12.2. The van der Waals surface area contributed by atoms with Gasteiger partial charge in [-0.3, -0.25) is 9.78 Å². The van der Waals surface area contributed by atoms with Crippen LogP contribution in [0.15, 0.2) is 30.5 Å². The van der Waals surface area contributed by atoms with Gasteiger partial charge < -0.3 is 10.4 Å². The van der Waals surface area contributed by atoms with Crippen molar-refractivity contribution in [3.05, 3.63) is 36.2 Å². The van der Waals surface area contributed by atoms with Crippen LogP contribution in [0.25, 0.3) is 11.0 Å². The highest BCUT2D eigenvalue weighted by Gasteiger charge is 2.25. The van der Waals surface area contributed by atoms with Crippen LogP contribution in [0.3, 0.4) is 0 Å². The van der Waals surface area contributed by atoms with Gasteiger partial charge in [0.2, 0.25) is 0 Å². The van der Waals surface area contributed by atoms with Crippen LogP contribution in [0, 0.1) is 0 Å². The van der Waals surface area contributed by atoms with E-state index in [2.05, 4.69) is 15.3 Å². The number of benzene rings is 1. The van der Waals surface area contributed by atoms with Gasteiger partial charge in [-0.05, 0) is 25.0 Å². The zero-order chi connectivity index (χ0) is 13.9. The maximum Gasteiger partial charge on any atom is 0.271 e. The summed E-state index contributed by atoms with van der Waals surface area (Å²) in [7, 11) is 0. The lowest BCUT2D eigenvalue weighted by Crippen LogP contribution is -2.45. The lowest BCUT2D eigenvalue weighted by atomic mass is 9.92. The molecule has 0 spiro atoms. The van der Waals surface area contributed by atoms with E-state index < -0.39 is 6.10 Å². The van der Waals surface area contributed by atoms with E-state index in [1.807, 2.05) is 24.3 Å². The standard InChI is InChI=1S/C15H17N3O2/c19-14-8-4-3-7-12(14)18-15(20)13-9-16-10-5-1-2-6-11(10)17-13/h1-2,5-6,9,12,14,19H,3-4,7-8H2,(H,18,20). The molecule has 104 valence electrons. The Morgan fingerprint density at radius 3 is 2.75 bits per heavy atom. The van der Waals surface area contributed by atoms with Gasteiger partial charge in [0.05, 0.1) is 29.4 Å². The molecule has 1 aliphatic rings. The van der Waals surface area contributed by atoms with E-state index in [1.165, 1.54) is 6.20 Å². The largest absolute Gasteiger partial charge is 0.391 e. The highest BCUT2D eigenvalue weighted by Crippen LogP contribution is 2.18. The third-order valence-corrected chi connectivity index (χ3v) is 3.73. The number of nitrogens with zero attached hydrogens (tertiary/aromatic N) is 2. The van der Waals surface area contributed by atoms with Gasteiger partial charge in [-0.25, -0.2) is 4.98 Å². The Balaban J connectivity index is 1.78. The predicted octanol–water partition coefficient (Wildman–Crippen LogP) is 1.66. The Morgan fingerprint density at radius 1 is 1.20 bits per heavy atom. The third-order valence-electron chi connectivity index (χ3n) is 3.73. The van der Waals surface area contributed by atoms with Gasteiger partial charge in [0.15, 0.2) is 0 Å². The number of aromatic nitrogens is 2. The Hall–Kier alpha value is -2.01. The molecule has 2 unspecified atom stereocenters. The second-order valence-electron chi connectivity index (χ2n) is 5.18. The summed E-state index contributed by atoms with van der Waals surface area (Å²) >= 11 is 0. The summed E-state index contributed by atoms with van der Waals surface area (Å²) in [6.07, 6.45) is 4.63. The summed E-state index contributed by atoms with van der Waals surface area (Å²) in [5.41, 5.74) is 1.76. The van der Waals surface area contributed by atoms with E-state index in [0.717, 1.165) is 31.2 Å². The van der Waals surface area contributed by atoms with Crippen LogP contribution >= 0.6 is 0 Å². The SMILES string of the molecule is O=C(NC1CCCCC1O)c1cnc2ccccc2n1. The number of hydrogen-bond donors (Lipinski definition) is 2. The number of amides is 1. The molecule has 5 heteroatoms. The lowest BCUT2D eigenvalue weighted by Gasteiger charge is -2.28. The van der Waals surface area contributed by atoms with E-state index in [4.69, 9.17) is 0 Å². The fourth-order valence-electron chi connectivity index (χ4n) is 2.59. The highest BCUT2D eigenvalue weighted by atomic mass is 16.3. The van der Waals surface area contributed by atoms with Crippen molar-refractivity contribution in [2.45, 2.75) is 37.8 Å². The first-order valence-corrected chi connectivity index (χ1v) is 6.95. The molecule has 5 nitrogen and oxygen atoms in total. The Morgan fingerprint density at radius 2 is 1.95 bits per heavy atom. The number of aliphatic hydroxyl groups is 1. The number of para-hydroxylation sites is 2. The highest BCUT2D eigenvalue weighted by molar-refractivity contribution is 5.93. The Labute approximate surface area is 117 Å². The molecule has 2 atom stereocenters. The second-order valence-corrected chi connectivity index (χ2v) is 5.18. The van der Waals surface area contributed by atoms with Gasteiger partial charge in [-0.1, -0.05) is 25.0 Å². The van der Waals surface area contributed by atoms with Gasteiger partial charge in [0.1, 0.15) is 5.69 Å². The normalized spacial score (nSPS) is 22.6. The van der Waals surface area contributed by atoms with Crippen LogP contribution in [0.1, 0.15) is 36.2 Å². The van der Waals surface area contributed by atoms with Crippen LogP contribution in [0.5, 0.6) is 0 Å². The van der Waals surface area contributed by atoms with Crippen molar-refractivity contribution in [2.75, 3.05) is 0 Å². The van der Waals surface area contributed by atoms with Crippen molar-refractivity contribution in [3.8, 4) is 0 Å². The van der Waals surface area contributed by atoms with E-state index >= 15 is 0 Å². The number of rotatable bonds is 2. The zero-order valence-corrected chi connectivity index (χ0v) is 11.1. The van der Waals surface area contributed by atoms with Crippen LogP contribution in [-0.4, -0.2) is 33.1 Å². The van der Waals surface area contributed by atoms with Crippen LogP contribution in [0.2, 0.25) is 0 Å². The molecule has 1 amide bonds. The summed E-state index contributed by atoms with van der Waals surface area (Å²) < 4.78 is 0. The molecular formula is C15H17N3O2. The summed E-state index contributed by atoms with van der Waals surface area (Å²) in [6.45, 7) is 0. The Bertz CT molecular complexity index is 629. The van der Waals surface area contributed by atoms with Gasteiger partial charge in [-0.2, -0.15) is 0 Å². The minimum Gasteiger partial charge on any atom is -0.391 e. The summed E-state index contributed by atoms with van der Waals surface area (Å²) in [4.78, 5) is 20.7. The predicted molar refractivity (Wildman–Crippen MR) is 75.3 cm³/mol. The van der Waals surface area contributed by atoms with Gasteiger partial charge in [-0.15, -0.1) is 0 Å². The number of fused-ring (bicyclic) bond motifs is 1. The van der Waals surface area contributed by atoms with E-state index in [1.54, 1.807) is 0 Å². The molecule has 0 radical (unpaired) electrons. The van der Waals surface area contributed by atoms with Crippen molar-refractivity contribution in [2.24, 2.45) is 0 Å². The first kappa shape index (κ1) is 13.0. The fourth-order valence-corrected chi connectivity index (χ4v) is 2.59. The van der Waals surface area contributed by atoms with Crippen LogP contribution in [-0.2, 0) is 0 Å². The average Bonchev–Trinajstić information content (AvgIpc) is 2.49. The van der Waals surface area contributed by atoms with Crippen LogP contribution in [0.4, 0.5) is 0 Å². The lowest BCUT2D eigenvalue weighted by molar-refractivity contribution is 0.0714. The van der Waals surface area contributed by atoms with Gasteiger partial charge in [0, 0.05) is 0 Å². The quantitative estimate of drug-likeness (QED) is 0.871. The summed E-state index contributed by atoms with van der Waals surface area (Å²) in [5, 5.41) is 12.7. The monoisotopic (exact) mass is 271 g/mol. The molecule has 2 N–H and O–H groups in total. The number of carbonyl (C=O) groups is 1. The minimum absolute atomic E-state index is 0.176.